The van der Waals surface area contributed by atoms with E-state index in [1.54, 1.807) is 17.5 Å². The molecule has 0 aliphatic rings. The van der Waals surface area contributed by atoms with Crippen molar-refractivity contribution in [1.82, 2.24) is 4.98 Å². The summed E-state index contributed by atoms with van der Waals surface area (Å²) < 4.78 is 5.81. The van der Waals surface area contributed by atoms with E-state index in [0.29, 0.717) is 6.61 Å². The number of thiophene rings is 1. The number of aromatic nitrogens is 1. The number of pyridine rings is 1. The lowest BCUT2D eigenvalue weighted by Gasteiger charge is -2.07. The zero-order chi connectivity index (χ0) is 11.5. The molecule has 2 nitrogen and oxygen atoms in total. The molecule has 0 amide bonds. The number of fused-ring (bicyclic) bond motifs is 1. The Labute approximate surface area is 104 Å². The molecule has 2 heterocycles. The van der Waals surface area contributed by atoms with Crippen LogP contribution in [0.1, 0.15) is 5.56 Å². The van der Waals surface area contributed by atoms with Gasteiger partial charge in [0.1, 0.15) is 17.9 Å². The van der Waals surface area contributed by atoms with Gasteiger partial charge in [-0.2, -0.15) is 11.3 Å². The monoisotopic (exact) mass is 241 g/mol. The van der Waals surface area contributed by atoms with E-state index in [9.17, 15) is 0 Å². The summed E-state index contributed by atoms with van der Waals surface area (Å²) in [5, 5.41) is 5.26. The molecule has 0 bridgehead atoms. The van der Waals surface area contributed by atoms with Gasteiger partial charge in [0.25, 0.3) is 0 Å². The molecule has 0 aliphatic carbocycles. The molecule has 0 saturated carbocycles. The van der Waals surface area contributed by atoms with Crippen LogP contribution in [0.3, 0.4) is 0 Å². The molecule has 3 aromatic rings. The number of hydrogen-bond donors (Lipinski definition) is 0. The van der Waals surface area contributed by atoms with Crippen molar-refractivity contribution in [2.75, 3.05) is 0 Å². The second-order valence-electron chi connectivity index (χ2n) is 3.75. The highest BCUT2D eigenvalue weighted by molar-refractivity contribution is 7.07. The Morgan fingerprint density at radius 3 is 2.94 bits per heavy atom. The van der Waals surface area contributed by atoms with Crippen LogP contribution in [0.15, 0.2) is 53.4 Å². The van der Waals surface area contributed by atoms with Crippen molar-refractivity contribution in [2.24, 2.45) is 0 Å². The average molecular weight is 241 g/mol. The predicted molar refractivity (Wildman–Crippen MR) is 70.4 cm³/mol. The van der Waals surface area contributed by atoms with Crippen molar-refractivity contribution in [3.8, 4) is 5.75 Å². The molecule has 0 atom stereocenters. The van der Waals surface area contributed by atoms with E-state index in [1.807, 2.05) is 30.3 Å². The largest absolute Gasteiger partial charge is 0.487 e. The van der Waals surface area contributed by atoms with Crippen LogP contribution in [0.5, 0.6) is 5.75 Å². The first-order chi connectivity index (χ1) is 8.43. The Hall–Kier alpha value is -1.87. The highest BCUT2D eigenvalue weighted by Gasteiger charge is 2.02. The quantitative estimate of drug-likeness (QED) is 0.694. The first-order valence-electron chi connectivity index (χ1n) is 5.41. The van der Waals surface area contributed by atoms with Gasteiger partial charge in [-0.05, 0) is 34.5 Å². The van der Waals surface area contributed by atoms with E-state index in [4.69, 9.17) is 4.74 Å². The standard InChI is InChI=1S/C14H11NOS/c1-3-12-4-2-7-15-14(12)13(5-1)16-9-11-6-8-17-10-11/h1-8,10H,9H2. The Bertz CT molecular complexity index is 614. The van der Waals surface area contributed by atoms with E-state index in [2.05, 4.69) is 21.8 Å². The van der Waals surface area contributed by atoms with Crippen LogP contribution in [0, 0.1) is 0 Å². The van der Waals surface area contributed by atoms with Crippen LogP contribution in [0.25, 0.3) is 10.9 Å². The molecule has 3 heteroatoms. The van der Waals surface area contributed by atoms with E-state index < -0.39 is 0 Å². The molecule has 84 valence electrons. The Balaban J connectivity index is 1.90. The minimum absolute atomic E-state index is 0.596. The van der Waals surface area contributed by atoms with Crippen molar-refractivity contribution in [3.05, 3.63) is 58.9 Å². The second kappa shape index (κ2) is 4.55. The molecule has 2 aromatic heterocycles. The van der Waals surface area contributed by atoms with Crippen molar-refractivity contribution in [3.63, 3.8) is 0 Å². The third kappa shape index (κ3) is 2.15. The normalized spacial score (nSPS) is 10.6. The molecular formula is C14H11NOS. The number of benzene rings is 1. The van der Waals surface area contributed by atoms with E-state index in [0.717, 1.165) is 16.7 Å². The van der Waals surface area contributed by atoms with Crippen molar-refractivity contribution >= 4 is 22.2 Å². The molecule has 1 aromatic carbocycles. The molecule has 0 spiro atoms. The molecule has 0 fully saturated rings. The molecule has 0 unspecified atom stereocenters. The molecule has 0 N–H and O–H groups in total. The Kier molecular flexibility index (Phi) is 2.76. The van der Waals surface area contributed by atoms with Crippen LogP contribution in [0.4, 0.5) is 0 Å². The van der Waals surface area contributed by atoms with Gasteiger partial charge >= 0.3 is 0 Å². The third-order valence-electron chi connectivity index (χ3n) is 2.57. The number of ether oxygens (including phenoxy) is 1. The van der Waals surface area contributed by atoms with Crippen LogP contribution < -0.4 is 4.74 Å². The highest BCUT2D eigenvalue weighted by Crippen LogP contribution is 2.24. The fraction of sp³-hybridized carbons (Fsp3) is 0.0714. The lowest BCUT2D eigenvalue weighted by atomic mass is 10.2. The first kappa shape index (κ1) is 10.3. The Morgan fingerprint density at radius 2 is 2.06 bits per heavy atom. The lowest BCUT2D eigenvalue weighted by Crippen LogP contribution is -1.95. The zero-order valence-corrected chi connectivity index (χ0v) is 9.98. The van der Waals surface area contributed by atoms with Gasteiger partial charge in [0, 0.05) is 11.6 Å². The molecule has 17 heavy (non-hydrogen) atoms. The summed E-state index contributed by atoms with van der Waals surface area (Å²) in [5.41, 5.74) is 2.12. The maximum Gasteiger partial charge on any atom is 0.146 e. The van der Waals surface area contributed by atoms with E-state index in [-0.39, 0.29) is 0 Å². The van der Waals surface area contributed by atoms with Crippen molar-refractivity contribution < 1.29 is 4.74 Å². The minimum atomic E-state index is 0.596. The van der Waals surface area contributed by atoms with E-state index in [1.165, 1.54) is 5.56 Å². The fourth-order valence-corrected chi connectivity index (χ4v) is 2.38. The third-order valence-corrected chi connectivity index (χ3v) is 3.30. The van der Waals surface area contributed by atoms with Crippen LogP contribution in [-0.4, -0.2) is 4.98 Å². The SMILES string of the molecule is c1cnc2c(OCc3ccsc3)cccc2c1. The number of hydrogen-bond acceptors (Lipinski definition) is 3. The van der Waals surface area contributed by atoms with Gasteiger partial charge in [0.15, 0.2) is 0 Å². The lowest BCUT2D eigenvalue weighted by molar-refractivity contribution is 0.310. The fourth-order valence-electron chi connectivity index (χ4n) is 1.73. The number of nitrogens with zero attached hydrogens (tertiary/aromatic N) is 1. The maximum absolute atomic E-state index is 5.81. The molecule has 0 aliphatic heterocycles. The molecule has 0 saturated heterocycles. The molecule has 0 radical (unpaired) electrons. The van der Waals surface area contributed by atoms with Crippen LogP contribution >= 0.6 is 11.3 Å². The minimum Gasteiger partial charge on any atom is -0.487 e. The summed E-state index contributed by atoms with van der Waals surface area (Å²) in [7, 11) is 0. The summed E-state index contributed by atoms with van der Waals surface area (Å²) in [6, 6.07) is 12.0. The average Bonchev–Trinajstić information content (AvgIpc) is 2.89. The second-order valence-corrected chi connectivity index (χ2v) is 4.53. The first-order valence-corrected chi connectivity index (χ1v) is 6.35. The highest BCUT2D eigenvalue weighted by atomic mass is 32.1. The Morgan fingerprint density at radius 1 is 1.12 bits per heavy atom. The zero-order valence-electron chi connectivity index (χ0n) is 9.17. The smallest absolute Gasteiger partial charge is 0.146 e. The summed E-state index contributed by atoms with van der Waals surface area (Å²) in [6.45, 7) is 0.596. The predicted octanol–water partition coefficient (Wildman–Crippen LogP) is 3.88. The van der Waals surface area contributed by atoms with Gasteiger partial charge in [-0.25, -0.2) is 0 Å². The van der Waals surface area contributed by atoms with Gasteiger partial charge < -0.3 is 4.74 Å². The summed E-state index contributed by atoms with van der Waals surface area (Å²) in [6.07, 6.45) is 1.79. The number of rotatable bonds is 3. The summed E-state index contributed by atoms with van der Waals surface area (Å²) in [5.74, 6) is 0.842. The van der Waals surface area contributed by atoms with Gasteiger partial charge in [-0.1, -0.05) is 18.2 Å². The van der Waals surface area contributed by atoms with Gasteiger partial charge in [-0.15, -0.1) is 0 Å². The van der Waals surface area contributed by atoms with E-state index >= 15 is 0 Å². The van der Waals surface area contributed by atoms with Gasteiger partial charge in [0.05, 0.1) is 0 Å². The molecular weight excluding hydrogens is 230 g/mol. The maximum atomic E-state index is 5.81. The van der Waals surface area contributed by atoms with Gasteiger partial charge in [-0.3, -0.25) is 4.98 Å². The topological polar surface area (TPSA) is 22.1 Å². The van der Waals surface area contributed by atoms with Crippen LogP contribution in [-0.2, 0) is 6.61 Å². The number of para-hydroxylation sites is 1. The van der Waals surface area contributed by atoms with Crippen molar-refractivity contribution in [1.29, 1.82) is 0 Å². The van der Waals surface area contributed by atoms with Gasteiger partial charge in [0.2, 0.25) is 0 Å². The summed E-state index contributed by atoms with van der Waals surface area (Å²) >= 11 is 1.68. The van der Waals surface area contributed by atoms with Crippen LogP contribution in [0.2, 0.25) is 0 Å². The summed E-state index contributed by atoms with van der Waals surface area (Å²) in [4.78, 5) is 4.36. The van der Waals surface area contributed by atoms with Crippen molar-refractivity contribution in [2.45, 2.75) is 6.61 Å². The molecule has 3 rings (SSSR count).